The van der Waals surface area contributed by atoms with Crippen LogP contribution in [0.2, 0.25) is 0 Å². The van der Waals surface area contributed by atoms with Crippen LogP contribution in [0.25, 0.3) is 0 Å². The fourth-order valence-corrected chi connectivity index (χ4v) is 3.62. The summed E-state index contributed by atoms with van der Waals surface area (Å²) in [6, 6.07) is 0. The molecule has 0 aromatic carbocycles. The van der Waals surface area contributed by atoms with Gasteiger partial charge in [-0.05, 0) is 26.8 Å². The molecular weight excluding hydrogens is 318 g/mol. The first-order valence-corrected chi connectivity index (χ1v) is 9.02. The first kappa shape index (κ1) is 15.5. The van der Waals surface area contributed by atoms with Gasteiger partial charge in [0, 0.05) is 30.8 Å². The van der Waals surface area contributed by atoms with E-state index in [1.165, 1.54) is 24.2 Å². The highest BCUT2D eigenvalue weighted by atomic mass is 32.1. The van der Waals surface area contributed by atoms with Crippen molar-refractivity contribution in [1.29, 1.82) is 0 Å². The van der Waals surface area contributed by atoms with Crippen molar-refractivity contribution in [2.45, 2.75) is 38.6 Å². The van der Waals surface area contributed by atoms with Gasteiger partial charge < -0.3 is 10.2 Å². The zero-order chi connectivity index (χ0) is 15.5. The summed E-state index contributed by atoms with van der Waals surface area (Å²) in [5.41, 5.74) is 1.06. The van der Waals surface area contributed by atoms with Gasteiger partial charge in [-0.3, -0.25) is 4.79 Å². The molecule has 3 rings (SSSR count). The number of nitrogens with one attached hydrogen (secondary N) is 1. The summed E-state index contributed by atoms with van der Waals surface area (Å²) in [5, 5.41) is 15.8. The number of hydrogen-bond donors (Lipinski definition) is 1. The van der Waals surface area contributed by atoms with E-state index in [1.807, 2.05) is 14.0 Å². The van der Waals surface area contributed by atoms with Gasteiger partial charge in [-0.1, -0.05) is 11.3 Å². The van der Waals surface area contributed by atoms with E-state index < -0.39 is 0 Å². The van der Waals surface area contributed by atoms with E-state index in [0.717, 1.165) is 22.3 Å². The highest BCUT2D eigenvalue weighted by Crippen LogP contribution is 2.42. The number of rotatable bonds is 7. The Morgan fingerprint density at radius 3 is 2.95 bits per heavy atom. The van der Waals surface area contributed by atoms with E-state index in [-0.39, 0.29) is 5.91 Å². The molecule has 0 saturated heterocycles. The van der Waals surface area contributed by atoms with Crippen LogP contribution in [-0.4, -0.2) is 39.6 Å². The van der Waals surface area contributed by atoms with Crippen molar-refractivity contribution < 1.29 is 4.79 Å². The lowest BCUT2D eigenvalue weighted by molar-refractivity contribution is -0.116. The number of amides is 1. The molecule has 1 fully saturated rings. The van der Waals surface area contributed by atoms with Crippen LogP contribution in [0, 0.1) is 6.92 Å². The van der Waals surface area contributed by atoms with Gasteiger partial charge in [0.15, 0.2) is 0 Å². The molecule has 118 valence electrons. The molecule has 1 amide bonds. The maximum absolute atomic E-state index is 12.0. The zero-order valence-corrected chi connectivity index (χ0v) is 14.3. The van der Waals surface area contributed by atoms with Crippen molar-refractivity contribution in [3.05, 3.63) is 21.1 Å². The fourth-order valence-electron chi connectivity index (χ4n) is 2.09. The maximum atomic E-state index is 12.0. The Bertz CT molecular complexity index is 649. The van der Waals surface area contributed by atoms with Crippen LogP contribution in [0.5, 0.6) is 0 Å². The van der Waals surface area contributed by atoms with Crippen LogP contribution >= 0.6 is 22.7 Å². The third-order valence-corrected chi connectivity index (χ3v) is 5.26. The lowest BCUT2D eigenvalue weighted by Crippen LogP contribution is -2.24. The molecule has 2 aromatic heterocycles. The third kappa shape index (κ3) is 4.31. The van der Waals surface area contributed by atoms with E-state index >= 15 is 0 Å². The summed E-state index contributed by atoms with van der Waals surface area (Å²) in [6.07, 6.45) is 2.84. The molecule has 22 heavy (non-hydrogen) atoms. The number of anilines is 1. The first-order valence-electron chi connectivity index (χ1n) is 7.33. The standard InChI is InChI=1S/C14H19N5OS2/c1-9-15-11(8-21-9)7-19(2)6-5-12(20)16-14-18-17-13(22-14)10-3-4-10/h8,10H,3-7H2,1-2H3,(H,16,18,20). The molecule has 1 saturated carbocycles. The van der Waals surface area contributed by atoms with E-state index in [2.05, 4.69) is 30.8 Å². The number of thiazole rings is 1. The lowest BCUT2D eigenvalue weighted by atomic mass is 10.3. The van der Waals surface area contributed by atoms with Crippen molar-refractivity contribution in [2.75, 3.05) is 18.9 Å². The van der Waals surface area contributed by atoms with Crippen molar-refractivity contribution in [3.8, 4) is 0 Å². The Hall–Kier alpha value is -1.38. The second-order valence-corrected chi connectivity index (χ2v) is 7.68. The second kappa shape index (κ2) is 6.80. The molecule has 2 heterocycles. The smallest absolute Gasteiger partial charge is 0.227 e. The summed E-state index contributed by atoms with van der Waals surface area (Å²) in [5.74, 6) is 0.565. The number of nitrogens with zero attached hydrogens (tertiary/aromatic N) is 4. The molecule has 2 aromatic rings. The monoisotopic (exact) mass is 337 g/mol. The number of hydrogen-bond acceptors (Lipinski definition) is 7. The molecular formula is C14H19N5OS2. The highest BCUT2D eigenvalue weighted by molar-refractivity contribution is 7.15. The molecule has 0 unspecified atom stereocenters. The van der Waals surface area contributed by atoms with Crippen molar-refractivity contribution in [2.24, 2.45) is 0 Å². The molecule has 0 spiro atoms. The van der Waals surface area contributed by atoms with Crippen LogP contribution in [0.4, 0.5) is 5.13 Å². The normalized spacial score (nSPS) is 14.5. The number of aromatic nitrogens is 3. The number of carbonyl (C=O) groups is 1. The SMILES string of the molecule is Cc1nc(CN(C)CCC(=O)Nc2nnc(C3CC3)s2)cs1. The van der Waals surface area contributed by atoms with Gasteiger partial charge in [0.1, 0.15) is 5.01 Å². The second-order valence-electron chi connectivity index (χ2n) is 5.61. The van der Waals surface area contributed by atoms with E-state index in [4.69, 9.17) is 0 Å². The predicted octanol–water partition coefficient (Wildman–Crippen LogP) is 2.64. The molecule has 0 bridgehead atoms. The summed E-state index contributed by atoms with van der Waals surface area (Å²) in [7, 11) is 2.00. The van der Waals surface area contributed by atoms with Crippen molar-refractivity contribution in [1.82, 2.24) is 20.1 Å². The molecule has 8 heteroatoms. The lowest BCUT2D eigenvalue weighted by Gasteiger charge is -2.14. The minimum absolute atomic E-state index is 0.0141. The average molecular weight is 337 g/mol. The fraction of sp³-hybridized carbons (Fsp3) is 0.571. The molecule has 6 nitrogen and oxygen atoms in total. The average Bonchev–Trinajstić information content (AvgIpc) is 3.10. The van der Waals surface area contributed by atoms with Gasteiger partial charge in [-0.15, -0.1) is 21.5 Å². The molecule has 1 aliphatic carbocycles. The van der Waals surface area contributed by atoms with Gasteiger partial charge in [0.25, 0.3) is 0 Å². The van der Waals surface area contributed by atoms with E-state index in [9.17, 15) is 4.79 Å². The molecule has 0 atom stereocenters. The summed E-state index contributed by atoms with van der Waals surface area (Å²) < 4.78 is 0. The van der Waals surface area contributed by atoms with Gasteiger partial charge in [0.2, 0.25) is 11.0 Å². The van der Waals surface area contributed by atoms with Gasteiger partial charge in [-0.25, -0.2) is 4.98 Å². The van der Waals surface area contributed by atoms with Crippen LogP contribution in [0.3, 0.4) is 0 Å². The summed E-state index contributed by atoms with van der Waals surface area (Å²) in [6.45, 7) is 3.46. The molecule has 1 aliphatic rings. The first-order chi connectivity index (χ1) is 10.6. The Morgan fingerprint density at radius 2 is 2.27 bits per heavy atom. The Kier molecular flexibility index (Phi) is 4.80. The van der Waals surface area contributed by atoms with Crippen molar-refractivity contribution >= 4 is 33.7 Å². The van der Waals surface area contributed by atoms with Crippen LogP contribution in [0.15, 0.2) is 5.38 Å². The van der Waals surface area contributed by atoms with E-state index in [1.54, 1.807) is 11.3 Å². The van der Waals surface area contributed by atoms with Gasteiger partial charge in [0.05, 0.1) is 10.7 Å². The van der Waals surface area contributed by atoms with Crippen LogP contribution in [-0.2, 0) is 11.3 Å². The Balaban J connectivity index is 1.41. The molecule has 0 aliphatic heterocycles. The summed E-state index contributed by atoms with van der Waals surface area (Å²) >= 11 is 3.15. The largest absolute Gasteiger partial charge is 0.300 e. The Labute approximate surface area is 137 Å². The topological polar surface area (TPSA) is 71.0 Å². The quantitative estimate of drug-likeness (QED) is 0.841. The van der Waals surface area contributed by atoms with Gasteiger partial charge in [-0.2, -0.15) is 0 Å². The number of carbonyl (C=O) groups excluding carboxylic acids is 1. The maximum Gasteiger partial charge on any atom is 0.227 e. The zero-order valence-electron chi connectivity index (χ0n) is 12.7. The van der Waals surface area contributed by atoms with Gasteiger partial charge >= 0.3 is 0 Å². The number of aryl methyl sites for hydroxylation is 1. The van der Waals surface area contributed by atoms with E-state index in [0.29, 0.717) is 24.0 Å². The third-order valence-electron chi connectivity index (χ3n) is 3.43. The summed E-state index contributed by atoms with van der Waals surface area (Å²) in [4.78, 5) is 18.5. The predicted molar refractivity (Wildman–Crippen MR) is 88.3 cm³/mol. The molecule has 1 N–H and O–H groups in total. The molecule has 0 radical (unpaired) electrons. The highest BCUT2D eigenvalue weighted by Gasteiger charge is 2.27. The minimum atomic E-state index is -0.0141. The van der Waals surface area contributed by atoms with Crippen molar-refractivity contribution in [3.63, 3.8) is 0 Å². The minimum Gasteiger partial charge on any atom is -0.300 e. The van der Waals surface area contributed by atoms with Crippen LogP contribution < -0.4 is 5.32 Å². The Morgan fingerprint density at radius 1 is 1.45 bits per heavy atom. The van der Waals surface area contributed by atoms with Crippen LogP contribution in [0.1, 0.15) is 40.9 Å².